The molecule has 9 heteroatoms. The fraction of sp³-hybridized carbons (Fsp3) is 0.476. The zero-order valence-corrected chi connectivity index (χ0v) is 17.8. The number of methoxy groups -OCH3 is 1. The highest BCUT2D eigenvalue weighted by Gasteiger charge is 2.17. The van der Waals surface area contributed by atoms with Crippen molar-refractivity contribution in [1.82, 2.24) is 20.6 Å². The largest absolute Gasteiger partial charge is 0.481 e. The summed E-state index contributed by atoms with van der Waals surface area (Å²) in [5, 5.41) is 9.56. The first-order valence-corrected chi connectivity index (χ1v) is 10.2. The number of nitrogens with one attached hydrogen (secondary N) is 3. The van der Waals surface area contributed by atoms with Crippen molar-refractivity contribution in [3.63, 3.8) is 0 Å². The number of carbonyl (C=O) groups is 1. The van der Waals surface area contributed by atoms with Crippen LogP contribution in [-0.2, 0) is 17.8 Å². The van der Waals surface area contributed by atoms with Crippen LogP contribution < -0.4 is 30.3 Å². The number of nitrogens with zero attached hydrogens (tertiary/aromatic N) is 3. The van der Waals surface area contributed by atoms with Crippen LogP contribution >= 0.6 is 0 Å². The summed E-state index contributed by atoms with van der Waals surface area (Å²) >= 11 is 0. The van der Waals surface area contributed by atoms with Crippen LogP contribution in [0.25, 0.3) is 0 Å². The zero-order chi connectivity index (χ0) is 21.3. The second-order valence-corrected chi connectivity index (χ2v) is 7.05. The predicted octanol–water partition coefficient (Wildman–Crippen LogP) is 1.54. The Morgan fingerprint density at radius 2 is 2.03 bits per heavy atom. The second kappa shape index (κ2) is 10.7. The Balaban J connectivity index is 1.34. The van der Waals surface area contributed by atoms with Crippen molar-refractivity contribution >= 4 is 17.4 Å². The molecule has 162 valence electrons. The van der Waals surface area contributed by atoms with Crippen LogP contribution in [0.15, 0.2) is 24.3 Å². The number of hydrogen-bond donors (Lipinski definition) is 3. The molecule has 3 heterocycles. The van der Waals surface area contributed by atoms with Crippen molar-refractivity contribution in [2.75, 3.05) is 50.7 Å². The van der Waals surface area contributed by atoms with Crippen molar-refractivity contribution < 1.29 is 14.3 Å². The molecule has 0 saturated carbocycles. The molecule has 2 aromatic rings. The Morgan fingerprint density at radius 3 is 2.83 bits per heavy atom. The van der Waals surface area contributed by atoms with Crippen LogP contribution in [-0.4, -0.2) is 56.4 Å². The average molecular weight is 415 g/mol. The molecule has 0 aromatic carbocycles. The van der Waals surface area contributed by atoms with Gasteiger partial charge in [0.1, 0.15) is 0 Å². The maximum atomic E-state index is 11.4. The summed E-state index contributed by atoms with van der Waals surface area (Å²) in [5.74, 6) is 1.58. The fourth-order valence-electron chi connectivity index (χ4n) is 3.18. The first-order chi connectivity index (χ1) is 14.6. The number of carbonyl (C=O) groups excluding carboxylic acids is 1. The topological polar surface area (TPSA) is 101 Å². The number of ether oxygens (including phenoxy) is 2. The van der Waals surface area contributed by atoms with Crippen LogP contribution in [0, 0.1) is 0 Å². The summed E-state index contributed by atoms with van der Waals surface area (Å²) in [4.78, 5) is 22.5. The van der Waals surface area contributed by atoms with Crippen molar-refractivity contribution in [2.45, 2.75) is 26.3 Å². The van der Waals surface area contributed by atoms with Gasteiger partial charge in [-0.1, -0.05) is 6.92 Å². The summed E-state index contributed by atoms with van der Waals surface area (Å²) in [7, 11) is 3.69. The number of aryl methyl sites for hydroxylation is 1. The van der Waals surface area contributed by atoms with E-state index in [1.54, 1.807) is 7.11 Å². The SMILES string of the molecule is CCc1nc(OC)ccc1N(C)CNCCCNCc1ccc2c(n1)NC(=O)CO2. The Hall–Kier alpha value is -2.91. The monoisotopic (exact) mass is 414 g/mol. The van der Waals surface area contributed by atoms with Gasteiger partial charge in [-0.05, 0) is 44.1 Å². The molecule has 1 aliphatic heterocycles. The third kappa shape index (κ3) is 5.80. The van der Waals surface area contributed by atoms with E-state index in [0.717, 1.165) is 49.7 Å². The van der Waals surface area contributed by atoms with Gasteiger partial charge in [0, 0.05) is 19.7 Å². The second-order valence-electron chi connectivity index (χ2n) is 7.05. The molecule has 3 rings (SSSR count). The molecule has 3 N–H and O–H groups in total. The van der Waals surface area contributed by atoms with E-state index < -0.39 is 0 Å². The first kappa shape index (κ1) is 21.8. The minimum absolute atomic E-state index is 0.0448. The Morgan fingerprint density at radius 1 is 1.20 bits per heavy atom. The van der Waals surface area contributed by atoms with Crippen LogP contribution in [0.3, 0.4) is 0 Å². The lowest BCUT2D eigenvalue weighted by molar-refractivity contribution is -0.118. The van der Waals surface area contributed by atoms with E-state index in [1.807, 2.05) is 24.3 Å². The van der Waals surface area contributed by atoms with E-state index in [9.17, 15) is 4.79 Å². The third-order valence-corrected chi connectivity index (χ3v) is 4.77. The lowest BCUT2D eigenvalue weighted by atomic mass is 10.2. The number of hydrogen-bond acceptors (Lipinski definition) is 8. The lowest BCUT2D eigenvalue weighted by Gasteiger charge is -2.22. The molecule has 1 aliphatic rings. The molecule has 30 heavy (non-hydrogen) atoms. The van der Waals surface area contributed by atoms with E-state index in [2.05, 4.69) is 44.8 Å². The van der Waals surface area contributed by atoms with Gasteiger partial charge in [0.15, 0.2) is 18.2 Å². The Kier molecular flexibility index (Phi) is 7.81. The molecule has 0 bridgehead atoms. The van der Waals surface area contributed by atoms with Crippen molar-refractivity contribution in [3.8, 4) is 11.6 Å². The lowest BCUT2D eigenvalue weighted by Crippen LogP contribution is -2.33. The van der Waals surface area contributed by atoms with E-state index >= 15 is 0 Å². The quantitative estimate of drug-likeness (QED) is 0.376. The van der Waals surface area contributed by atoms with Gasteiger partial charge >= 0.3 is 0 Å². The number of rotatable bonds is 11. The van der Waals surface area contributed by atoms with Crippen LogP contribution in [0.4, 0.5) is 11.5 Å². The standard InChI is InChI=1S/C21H30N6O3/c1-4-16-17(7-9-20(25-16)29-3)27(2)14-23-11-5-10-22-12-15-6-8-18-21(24-15)26-19(28)13-30-18/h6-9,22-23H,4-5,10-14H2,1-3H3,(H,24,26,28). The predicted molar refractivity (Wildman–Crippen MR) is 116 cm³/mol. The number of fused-ring (bicyclic) bond motifs is 1. The number of anilines is 2. The minimum atomic E-state index is -0.173. The highest BCUT2D eigenvalue weighted by atomic mass is 16.5. The summed E-state index contributed by atoms with van der Waals surface area (Å²) in [6.45, 7) is 5.28. The molecule has 2 aromatic heterocycles. The Bertz CT molecular complexity index is 861. The van der Waals surface area contributed by atoms with E-state index in [0.29, 0.717) is 24.0 Å². The summed E-state index contributed by atoms with van der Waals surface area (Å²) in [6, 6.07) is 7.69. The maximum absolute atomic E-state index is 11.4. The number of aromatic nitrogens is 2. The molecule has 0 unspecified atom stereocenters. The molecule has 0 radical (unpaired) electrons. The van der Waals surface area contributed by atoms with Gasteiger partial charge in [-0.15, -0.1) is 0 Å². The van der Waals surface area contributed by atoms with Gasteiger partial charge in [0.05, 0.1) is 30.9 Å². The summed E-state index contributed by atoms with van der Waals surface area (Å²) in [6.07, 6.45) is 1.84. The summed E-state index contributed by atoms with van der Waals surface area (Å²) < 4.78 is 10.5. The molecular formula is C21H30N6O3. The zero-order valence-electron chi connectivity index (χ0n) is 17.8. The minimum Gasteiger partial charge on any atom is -0.481 e. The molecule has 0 atom stereocenters. The number of pyridine rings is 2. The third-order valence-electron chi connectivity index (χ3n) is 4.77. The van der Waals surface area contributed by atoms with Crippen molar-refractivity contribution in [1.29, 1.82) is 0 Å². The molecule has 9 nitrogen and oxygen atoms in total. The van der Waals surface area contributed by atoms with Gasteiger partial charge in [-0.25, -0.2) is 9.97 Å². The maximum Gasteiger partial charge on any atom is 0.263 e. The molecule has 0 spiro atoms. The van der Waals surface area contributed by atoms with Gasteiger partial charge in [0.2, 0.25) is 5.88 Å². The first-order valence-electron chi connectivity index (χ1n) is 10.2. The van der Waals surface area contributed by atoms with E-state index in [4.69, 9.17) is 9.47 Å². The van der Waals surface area contributed by atoms with Crippen LogP contribution in [0.1, 0.15) is 24.7 Å². The molecule has 0 fully saturated rings. The van der Waals surface area contributed by atoms with E-state index in [-0.39, 0.29) is 12.5 Å². The smallest absolute Gasteiger partial charge is 0.263 e. The van der Waals surface area contributed by atoms with E-state index in [1.165, 1.54) is 0 Å². The van der Waals surface area contributed by atoms with Crippen molar-refractivity contribution in [3.05, 3.63) is 35.7 Å². The highest BCUT2D eigenvalue weighted by molar-refractivity contribution is 5.94. The number of amides is 1. The van der Waals surface area contributed by atoms with Gasteiger partial charge < -0.3 is 25.0 Å². The van der Waals surface area contributed by atoms with Crippen molar-refractivity contribution in [2.24, 2.45) is 0 Å². The summed E-state index contributed by atoms with van der Waals surface area (Å²) in [5.41, 5.74) is 3.00. The highest BCUT2D eigenvalue weighted by Crippen LogP contribution is 2.25. The van der Waals surface area contributed by atoms with Crippen LogP contribution in [0.2, 0.25) is 0 Å². The fourth-order valence-corrected chi connectivity index (χ4v) is 3.18. The molecule has 1 amide bonds. The molecule has 0 saturated heterocycles. The Labute approximate surface area is 177 Å². The normalized spacial score (nSPS) is 12.7. The van der Waals surface area contributed by atoms with Gasteiger partial charge in [-0.3, -0.25) is 10.1 Å². The molecule has 0 aliphatic carbocycles. The molecular weight excluding hydrogens is 384 g/mol. The van der Waals surface area contributed by atoms with Gasteiger partial charge in [-0.2, -0.15) is 0 Å². The van der Waals surface area contributed by atoms with Crippen LogP contribution in [0.5, 0.6) is 11.6 Å². The average Bonchev–Trinajstić information content (AvgIpc) is 2.77. The van der Waals surface area contributed by atoms with Gasteiger partial charge in [0.25, 0.3) is 5.91 Å².